The van der Waals surface area contributed by atoms with Crippen molar-refractivity contribution in [3.8, 4) is 0 Å². The first kappa shape index (κ1) is 7.29. The van der Waals surface area contributed by atoms with Crippen molar-refractivity contribution in [3.63, 3.8) is 0 Å². The normalized spacial score (nSPS) is 33.6. The molecule has 0 amide bonds. The molecule has 0 aromatic heterocycles. The van der Waals surface area contributed by atoms with Gasteiger partial charge in [-0.05, 0) is 31.2 Å². The van der Waals surface area contributed by atoms with Crippen molar-refractivity contribution in [2.45, 2.75) is 38.1 Å². The van der Waals surface area contributed by atoms with Crippen LogP contribution in [0, 0.1) is 5.41 Å². The molecular formula is C9H15NO. The smallest absolute Gasteiger partial charge is 0.121 e. The molecule has 0 radical (unpaired) electrons. The molecule has 1 saturated heterocycles. The van der Waals surface area contributed by atoms with Gasteiger partial charge in [-0.15, -0.1) is 0 Å². The second kappa shape index (κ2) is 2.59. The minimum absolute atomic E-state index is 0.508. The number of hydrogen-bond donors (Lipinski definition) is 1. The highest BCUT2D eigenvalue weighted by Crippen LogP contribution is 2.49. The van der Waals surface area contributed by atoms with E-state index in [9.17, 15) is 4.79 Å². The zero-order valence-corrected chi connectivity index (χ0v) is 6.81. The topological polar surface area (TPSA) is 29.1 Å². The maximum Gasteiger partial charge on any atom is 0.121 e. The zero-order chi connectivity index (χ0) is 7.73. The number of carbonyl (C=O) groups is 1. The molecule has 1 spiro atoms. The number of aldehydes is 1. The van der Waals surface area contributed by atoms with Gasteiger partial charge in [-0.25, -0.2) is 0 Å². The van der Waals surface area contributed by atoms with Gasteiger partial charge in [0.25, 0.3) is 0 Å². The van der Waals surface area contributed by atoms with Crippen LogP contribution in [0.3, 0.4) is 0 Å². The van der Waals surface area contributed by atoms with E-state index in [0.717, 1.165) is 19.3 Å². The molecule has 1 saturated carbocycles. The Kier molecular flexibility index (Phi) is 1.72. The van der Waals surface area contributed by atoms with Gasteiger partial charge in [0, 0.05) is 12.5 Å². The van der Waals surface area contributed by atoms with E-state index in [4.69, 9.17) is 0 Å². The Morgan fingerprint density at radius 2 is 2.27 bits per heavy atom. The minimum atomic E-state index is 0.508. The van der Waals surface area contributed by atoms with Crippen molar-refractivity contribution >= 4 is 6.29 Å². The summed E-state index contributed by atoms with van der Waals surface area (Å²) in [6.07, 6.45) is 7.14. The summed E-state index contributed by atoms with van der Waals surface area (Å²) in [6, 6.07) is 0.508. The van der Waals surface area contributed by atoms with E-state index < -0.39 is 0 Å². The molecule has 1 heterocycles. The van der Waals surface area contributed by atoms with Crippen LogP contribution in [0.25, 0.3) is 0 Å². The van der Waals surface area contributed by atoms with Gasteiger partial charge >= 0.3 is 0 Å². The molecule has 1 aliphatic carbocycles. The third-order valence-electron chi connectivity index (χ3n) is 3.43. The van der Waals surface area contributed by atoms with Crippen LogP contribution < -0.4 is 5.32 Å². The first-order chi connectivity index (χ1) is 5.37. The second-order valence-electron chi connectivity index (χ2n) is 3.88. The van der Waals surface area contributed by atoms with Crippen LogP contribution in [0.5, 0.6) is 0 Å². The SMILES string of the molecule is O=CC[C@H]1NCCC12CCC2. The number of nitrogens with one attached hydrogen (secondary N) is 1. The Morgan fingerprint density at radius 3 is 2.82 bits per heavy atom. The first-order valence-electron chi connectivity index (χ1n) is 4.54. The van der Waals surface area contributed by atoms with E-state index in [0.29, 0.717) is 11.5 Å². The average Bonchev–Trinajstić information content (AvgIpc) is 2.31. The van der Waals surface area contributed by atoms with Crippen LogP contribution in [0.15, 0.2) is 0 Å². The summed E-state index contributed by atoms with van der Waals surface area (Å²) < 4.78 is 0. The highest BCUT2D eigenvalue weighted by atomic mass is 16.1. The van der Waals surface area contributed by atoms with Gasteiger partial charge in [-0.1, -0.05) is 6.42 Å². The highest BCUT2D eigenvalue weighted by molar-refractivity contribution is 5.51. The first-order valence-corrected chi connectivity index (χ1v) is 4.54. The number of carbonyl (C=O) groups excluding carboxylic acids is 1. The molecule has 2 rings (SSSR count). The van der Waals surface area contributed by atoms with Crippen LogP contribution in [-0.2, 0) is 4.79 Å². The predicted octanol–water partition coefficient (Wildman–Crippen LogP) is 1.11. The average molecular weight is 153 g/mol. The van der Waals surface area contributed by atoms with Crippen LogP contribution in [0.1, 0.15) is 32.1 Å². The van der Waals surface area contributed by atoms with Crippen molar-refractivity contribution in [1.82, 2.24) is 5.32 Å². The summed E-state index contributed by atoms with van der Waals surface area (Å²) in [5.41, 5.74) is 0.543. The molecule has 11 heavy (non-hydrogen) atoms. The zero-order valence-electron chi connectivity index (χ0n) is 6.81. The van der Waals surface area contributed by atoms with Gasteiger partial charge in [0.15, 0.2) is 0 Å². The van der Waals surface area contributed by atoms with Crippen molar-refractivity contribution in [3.05, 3.63) is 0 Å². The Bertz CT molecular complexity index is 163. The summed E-state index contributed by atoms with van der Waals surface area (Å²) in [6.45, 7) is 1.12. The van der Waals surface area contributed by atoms with E-state index >= 15 is 0 Å². The van der Waals surface area contributed by atoms with Gasteiger partial charge < -0.3 is 10.1 Å². The van der Waals surface area contributed by atoms with Crippen LogP contribution >= 0.6 is 0 Å². The van der Waals surface area contributed by atoms with E-state index in [1.54, 1.807) is 0 Å². The maximum absolute atomic E-state index is 10.3. The molecule has 1 atom stereocenters. The lowest BCUT2D eigenvalue weighted by molar-refractivity contribution is -0.109. The molecule has 1 aliphatic heterocycles. The van der Waals surface area contributed by atoms with Crippen molar-refractivity contribution in [2.24, 2.45) is 5.41 Å². The van der Waals surface area contributed by atoms with Gasteiger partial charge in [0.1, 0.15) is 6.29 Å². The van der Waals surface area contributed by atoms with Crippen LogP contribution in [0.4, 0.5) is 0 Å². The Hall–Kier alpha value is -0.370. The van der Waals surface area contributed by atoms with E-state index in [1.807, 2.05) is 0 Å². The standard InChI is InChI=1S/C9H15NO/c11-7-2-8-9(3-1-4-9)5-6-10-8/h7-8,10H,1-6H2/t8-/m1/s1. The molecule has 62 valence electrons. The molecule has 0 unspecified atom stereocenters. The highest BCUT2D eigenvalue weighted by Gasteiger charge is 2.46. The Labute approximate surface area is 67.4 Å². The minimum Gasteiger partial charge on any atom is -0.313 e. The third-order valence-corrected chi connectivity index (χ3v) is 3.43. The van der Waals surface area contributed by atoms with E-state index in [1.165, 1.54) is 25.7 Å². The monoisotopic (exact) mass is 153 g/mol. The molecule has 2 heteroatoms. The fourth-order valence-electron chi connectivity index (χ4n) is 2.55. The Balaban J connectivity index is 2.01. The lowest BCUT2D eigenvalue weighted by Gasteiger charge is -2.42. The summed E-state index contributed by atoms with van der Waals surface area (Å²) in [5.74, 6) is 0. The molecular weight excluding hydrogens is 138 g/mol. The summed E-state index contributed by atoms with van der Waals surface area (Å²) in [4.78, 5) is 10.3. The Morgan fingerprint density at radius 1 is 1.45 bits per heavy atom. The lowest BCUT2D eigenvalue weighted by Crippen LogP contribution is -2.41. The van der Waals surface area contributed by atoms with Crippen LogP contribution in [0.2, 0.25) is 0 Å². The number of rotatable bonds is 2. The predicted molar refractivity (Wildman–Crippen MR) is 43.4 cm³/mol. The summed E-state index contributed by atoms with van der Waals surface area (Å²) in [7, 11) is 0. The van der Waals surface area contributed by atoms with Crippen molar-refractivity contribution < 1.29 is 4.79 Å². The van der Waals surface area contributed by atoms with Gasteiger partial charge in [-0.3, -0.25) is 0 Å². The molecule has 2 aliphatic rings. The van der Waals surface area contributed by atoms with E-state index in [-0.39, 0.29) is 0 Å². The van der Waals surface area contributed by atoms with Crippen LogP contribution in [-0.4, -0.2) is 18.9 Å². The summed E-state index contributed by atoms with van der Waals surface area (Å²) in [5, 5.41) is 3.42. The fraction of sp³-hybridized carbons (Fsp3) is 0.889. The largest absolute Gasteiger partial charge is 0.313 e. The number of hydrogen-bond acceptors (Lipinski definition) is 2. The quantitative estimate of drug-likeness (QED) is 0.602. The molecule has 0 bridgehead atoms. The lowest BCUT2D eigenvalue weighted by atomic mass is 9.63. The molecule has 0 aromatic carbocycles. The molecule has 2 fully saturated rings. The van der Waals surface area contributed by atoms with Gasteiger partial charge in [0.05, 0.1) is 0 Å². The van der Waals surface area contributed by atoms with E-state index in [2.05, 4.69) is 5.32 Å². The molecule has 2 nitrogen and oxygen atoms in total. The van der Waals surface area contributed by atoms with Crippen molar-refractivity contribution in [2.75, 3.05) is 6.54 Å². The molecule has 1 N–H and O–H groups in total. The molecule has 0 aromatic rings. The third kappa shape index (κ3) is 1.00. The van der Waals surface area contributed by atoms with Crippen molar-refractivity contribution in [1.29, 1.82) is 0 Å². The summed E-state index contributed by atoms with van der Waals surface area (Å²) >= 11 is 0. The maximum atomic E-state index is 10.3. The fourth-order valence-corrected chi connectivity index (χ4v) is 2.55. The second-order valence-corrected chi connectivity index (χ2v) is 3.88. The van der Waals surface area contributed by atoms with Gasteiger partial charge in [-0.2, -0.15) is 0 Å². The van der Waals surface area contributed by atoms with Gasteiger partial charge in [0.2, 0.25) is 0 Å².